The lowest BCUT2D eigenvalue weighted by atomic mass is 10.2. The van der Waals surface area contributed by atoms with Crippen LogP contribution in [-0.2, 0) is 4.79 Å². The maximum absolute atomic E-state index is 12.5. The number of hydrogen-bond acceptors (Lipinski definition) is 7. The molecular weight excluding hydrogens is 426 g/mol. The van der Waals surface area contributed by atoms with Crippen LogP contribution in [0, 0.1) is 17.0 Å². The molecule has 0 bridgehead atoms. The number of nitro benzene ring substituents is 1. The van der Waals surface area contributed by atoms with Crippen molar-refractivity contribution in [3.8, 4) is 5.69 Å². The summed E-state index contributed by atoms with van der Waals surface area (Å²) in [6.07, 6.45) is 1.38. The van der Waals surface area contributed by atoms with Crippen LogP contribution >= 0.6 is 0 Å². The summed E-state index contributed by atoms with van der Waals surface area (Å²) in [5.74, 6) is -0.321. The maximum Gasteiger partial charge on any atom is 0.271 e. The molecule has 0 saturated carbocycles. The number of hydrogen-bond donors (Lipinski definition) is 1. The molecule has 1 aliphatic heterocycles. The van der Waals surface area contributed by atoms with Crippen LogP contribution in [0.25, 0.3) is 5.69 Å². The van der Waals surface area contributed by atoms with Gasteiger partial charge >= 0.3 is 0 Å². The van der Waals surface area contributed by atoms with Gasteiger partial charge in [0.25, 0.3) is 11.6 Å². The molecule has 1 N–H and O–H groups in total. The van der Waals surface area contributed by atoms with Crippen molar-refractivity contribution in [3.05, 3.63) is 75.6 Å². The third-order valence-electron chi connectivity index (χ3n) is 5.36. The first-order valence-electron chi connectivity index (χ1n) is 10.3. The van der Waals surface area contributed by atoms with Gasteiger partial charge < -0.3 is 4.90 Å². The molecule has 1 aromatic heterocycles. The van der Waals surface area contributed by atoms with Gasteiger partial charge in [0.15, 0.2) is 0 Å². The van der Waals surface area contributed by atoms with Crippen LogP contribution in [0.1, 0.15) is 41.5 Å². The molecule has 11 heteroatoms. The predicted molar refractivity (Wildman–Crippen MR) is 120 cm³/mol. The van der Waals surface area contributed by atoms with Gasteiger partial charge in [-0.25, -0.2) is 10.1 Å². The van der Waals surface area contributed by atoms with Crippen molar-refractivity contribution in [1.82, 2.24) is 20.4 Å². The standard InChI is InChI=1S/C22H21N7O4/c1-14(21-15(2)28(26-24-21)18-5-3-6-19(13-18)29(32)33)23-25-22(31)16-8-10-17(11-9-16)27-12-4-7-20(27)30/h3,5-6,8-11,13H,4,7,12H2,1-2H3,(H,25,31). The van der Waals surface area contributed by atoms with Crippen LogP contribution in [0.3, 0.4) is 0 Å². The first-order chi connectivity index (χ1) is 15.8. The lowest BCUT2D eigenvalue weighted by molar-refractivity contribution is -0.384. The number of aromatic nitrogens is 3. The number of benzene rings is 2. The van der Waals surface area contributed by atoms with Gasteiger partial charge in [-0.1, -0.05) is 11.3 Å². The minimum Gasteiger partial charge on any atom is -0.312 e. The topological polar surface area (TPSA) is 136 Å². The Morgan fingerprint density at radius 2 is 1.94 bits per heavy atom. The molecule has 3 aromatic rings. The highest BCUT2D eigenvalue weighted by Gasteiger charge is 2.21. The molecule has 4 rings (SSSR count). The van der Waals surface area contributed by atoms with E-state index < -0.39 is 10.8 Å². The van der Waals surface area contributed by atoms with Crippen molar-refractivity contribution in [2.45, 2.75) is 26.7 Å². The molecule has 0 unspecified atom stereocenters. The van der Waals surface area contributed by atoms with Crippen LogP contribution < -0.4 is 10.3 Å². The van der Waals surface area contributed by atoms with Gasteiger partial charge in [0.2, 0.25) is 5.91 Å². The van der Waals surface area contributed by atoms with E-state index in [4.69, 9.17) is 0 Å². The Hall–Kier alpha value is -4.41. The summed E-state index contributed by atoms with van der Waals surface area (Å²) in [7, 11) is 0. The van der Waals surface area contributed by atoms with E-state index in [2.05, 4.69) is 20.8 Å². The molecule has 0 aliphatic carbocycles. The fourth-order valence-electron chi connectivity index (χ4n) is 3.61. The summed E-state index contributed by atoms with van der Waals surface area (Å²) < 4.78 is 1.47. The number of amides is 2. The molecule has 1 aliphatic rings. The van der Waals surface area contributed by atoms with Gasteiger partial charge in [0.1, 0.15) is 5.69 Å². The summed E-state index contributed by atoms with van der Waals surface area (Å²) >= 11 is 0. The van der Waals surface area contributed by atoms with Crippen LogP contribution in [0.4, 0.5) is 11.4 Å². The zero-order valence-electron chi connectivity index (χ0n) is 18.1. The molecule has 33 heavy (non-hydrogen) atoms. The summed E-state index contributed by atoms with van der Waals surface area (Å²) in [6, 6.07) is 12.8. The molecule has 2 aromatic carbocycles. The molecule has 168 valence electrons. The van der Waals surface area contributed by atoms with E-state index in [0.29, 0.717) is 41.3 Å². The van der Waals surface area contributed by atoms with Gasteiger partial charge in [-0.15, -0.1) is 5.10 Å². The molecule has 1 fully saturated rings. The molecule has 2 heterocycles. The minimum absolute atomic E-state index is 0.0540. The van der Waals surface area contributed by atoms with Crippen molar-refractivity contribution in [2.24, 2.45) is 5.10 Å². The molecule has 1 saturated heterocycles. The number of carbonyl (C=O) groups excluding carboxylic acids is 2. The molecule has 0 radical (unpaired) electrons. The lowest BCUT2D eigenvalue weighted by Crippen LogP contribution is -2.24. The Labute approximate surface area is 188 Å². The number of rotatable bonds is 6. The number of hydrazone groups is 1. The van der Waals surface area contributed by atoms with Crippen LogP contribution in [0.2, 0.25) is 0 Å². The highest BCUT2D eigenvalue weighted by Crippen LogP contribution is 2.22. The third kappa shape index (κ3) is 4.47. The van der Waals surface area contributed by atoms with Crippen molar-refractivity contribution in [3.63, 3.8) is 0 Å². The van der Waals surface area contributed by atoms with Gasteiger partial charge in [-0.2, -0.15) is 5.10 Å². The van der Waals surface area contributed by atoms with E-state index in [1.54, 1.807) is 55.1 Å². The SMILES string of the molecule is CC(=NNC(=O)c1ccc(N2CCCC2=O)cc1)c1nnn(-c2cccc([N+](=O)[O-])c2)c1C. The first kappa shape index (κ1) is 21.8. The number of non-ortho nitro benzene ring substituents is 1. The lowest BCUT2D eigenvalue weighted by Gasteiger charge is -2.15. The Kier molecular flexibility index (Phi) is 5.94. The van der Waals surface area contributed by atoms with Crippen LogP contribution in [-0.4, -0.2) is 44.0 Å². The van der Waals surface area contributed by atoms with Gasteiger partial charge in [0, 0.05) is 36.3 Å². The second-order valence-corrected chi connectivity index (χ2v) is 7.55. The number of anilines is 1. The van der Waals surface area contributed by atoms with E-state index >= 15 is 0 Å². The van der Waals surface area contributed by atoms with Crippen molar-refractivity contribution < 1.29 is 14.5 Å². The van der Waals surface area contributed by atoms with E-state index in [1.807, 2.05) is 0 Å². The van der Waals surface area contributed by atoms with Gasteiger partial charge in [-0.05, 0) is 50.6 Å². The Balaban J connectivity index is 1.47. The van der Waals surface area contributed by atoms with Crippen molar-refractivity contribution in [2.75, 3.05) is 11.4 Å². The molecule has 0 atom stereocenters. The molecular formula is C22H21N7O4. The van der Waals surface area contributed by atoms with Crippen LogP contribution in [0.15, 0.2) is 53.6 Å². The van der Waals surface area contributed by atoms with Gasteiger partial charge in [-0.3, -0.25) is 19.7 Å². The Morgan fingerprint density at radius 3 is 2.61 bits per heavy atom. The zero-order chi connectivity index (χ0) is 23.5. The minimum atomic E-state index is -0.478. The van der Waals surface area contributed by atoms with Crippen LogP contribution in [0.5, 0.6) is 0 Å². The average Bonchev–Trinajstić information content (AvgIpc) is 3.42. The molecule has 2 amide bonds. The number of carbonyl (C=O) groups is 2. The van der Waals surface area contributed by atoms with Crippen molar-refractivity contribution >= 4 is 28.9 Å². The largest absolute Gasteiger partial charge is 0.312 e. The second-order valence-electron chi connectivity index (χ2n) is 7.55. The quantitative estimate of drug-likeness (QED) is 0.351. The van der Waals surface area contributed by atoms with Crippen molar-refractivity contribution in [1.29, 1.82) is 0 Å². The number of nitro groups is 1. The number of nitrogens with zero attached hydrogens (tertiary/aromatic N) is 6. The monoisotopic (exact) mass is 447 g/mol. The maximum atomic E-state index is 12.5. The Bertz CT molecular complexity index is 1260. The molecule has 0 spiro atoms. The van der Waals surface area contributed by atoms with Gasteiger partial charge in [0.05, 0.1) is 22.0 Å². The normalized spacial score (nSPS) is 13.9. The highest BCUT2D eigenvalue weighted by molar-refractivity contribution is 6.01. The first-order valence-corrected chi connectivity index (χ1v) is 10.3. The van der Waals surface area contributed by atoms with E-state index in [9.17, 15) is 19.7 Å². The summed E-state index contributed by atoms with van der Waals surface area (Å²) in [4.78, 5) is 36.6. The van der Waals surface area contributed by atoms with E-state index in [-0.39, 0.29) is 11.6 Å². The predicted octanol–water partition coefficient (Wildman–Crippen LogP) is 2.76. The third-order valence-corrected chi connectivity index (χ3v) is 5.36. The zero-order valence-corrected chi connectivity index (χ0v) is 18.1. The fraction of sp³-hybridized carbons (Fsp3) is 0.227. The summed E-state index contributed by atoms with van der Waals surface area (Å²) in [6.45, 7) is 4.12. The van der Waals surface area contributed by atoms with E-state index in [1.165, 1.54) is 16.8 Å². The number of nitrogens with one attached hydrogen (secondary N) is 1. The molecule has 11 nitrogen and oxygen atoms in total. The fourth-order valence-corrected chi connectivity index (χ4v) is 3.61. The highest BCUT2D eigenvalue weighted by atomic mass is 16.6. The Morgan fingerprint density at radius 1 is 1.18 bits per heavy atom. The average molecular weight is 447 g/mol. The van der Waals surface area contributed by atoms with E-state index in [0.717, 1.165) is 12.1 Å². The summed E-state index contributed by atoms with van der Waals surface area (Å²) in [5.41, 5.74) is 5.60. The summed E-state index contributed by atoms with van der Waals surface area (Å²) in [5, 5.41) is 23.3. The second kappa shape index (κ2) is 8.99. The smallest absolute Gasteiger partial charge is 0.271 e.